The van der Waals surface area contributed by atoms with Gasteiger partial charge in [-0.05, 0) is 75.2 Å². The van der Waals surface area contributed by atoms with Gasteiger partial charge >= 0.3 is 0 Å². The van der Waals surface area contributed by atoms with E-state index >= 15 is 0 Å². The lowest BCUT2D eigenvalue weighted by Gasteiger charge is -2.54. The van der Waals surface area contributed by atoms with E-state index in [2.05, 4.69) is 10.2 Å². The Morgan fingerprint density at radius 3 is 2.25 bits per heavy atom. The van der Waals surface area contributed by atoms with E-state index in [-0.39, 0.29) is 5.56 Å². The standard InChI is InChI=1S/C16H25N3O/c17-3-1-2-13-15(18-19-16(13)20)14-11-5-9-4-10(7-11)8-12(14)6-9/h9-12,14H,1-8,17H2,(H2,18,19,20). The molecule has 4 heteroatoms. The minimum Gasteiger partial charge on any atom is -0.330 e. The van der Waals surface area contributed by atoms with Gasteiger partial charge in [-0.3, -0.25) is 9.89 Å². The van der Waals surface area contributed by atoms with Crippen molar-refractivity contribution in [2.45, 2.75) is 50.9 Å². The molecule has 0 aliphatic heterocycles. The highest BCUT2D eigenvalue weighted by Gasteiger charge is 2.49. The molecule has 20 heavy (non-hydrogen) atoms. The van der Waals surface area contributed by atoms with E-state index in [0.717, 1.165) is 42.1 Å². The molecule has 0 saturated heterocycles. The van der Waals surface area contributed by atoms with Gasteiger partial charge in [-0.1, -0.05) is 0 Å². The first-order valence-corrected chi connectivity index (χ1v) is 8.25. The van der Waals surface area contributed by atoms with Crippen molar-refractivity contribution in [3.05, 3.63) is 21.6 Å². The summed E-state index contributed by atoms with van der Waals surface area (Å²) in [4.78, 5) is 12.1. The summed E-state index contributed by atoms with van der Waals surface area (Å²) in [7, 11) is 0. The molecule has 0 aromatic carbocycles. The van der Waals surface area contributed by atoms with E-state index in [1.165, 1.54) is 37.8 Å². The minimum absolute atomic E-state index is 0.0854. The lowest BCUT2D eigenvalue weighted by molar-refractivity contribution is -0.00445. The molecule has 4 aliphatic carbocycles. The van der Waals surface area contributed by atoms with Crippen molar-refractivity contribution in [2.24, 2.45) is 29.4 Å². The number of hydrogen-bond acceptors (Lipinski definition) is 2. The zero-order chi connectivity index (χ0) is 13.7. The molecule has 1 aromatic rings. The zero-order valence-corrected chi connectivity index (χ0v) is 12.0. The number of aromatic nitrogens is 2. The Labute approximate surface area is 119 Å². The highest BCUT2D eigenvalue weighted by atomic mass is 16.1. The summed E-state index contributed by atoms with van der Waals surface area (Å²) < 4.78 is 0. The second-order valence-electron chi connectivity index (χ2n) is 7.32. The molecule has 4 fully saturated rings. The maximum Gasteiger partial charge on any atom is 0.267 e. The number of nitrogens with one attached hydrogen (secondary N) is 2. The highest BCUT2D eigenvalue weighted by molar-refractivity contribution is 5.25. The third-order valence-corrected chi connectivity index (χ3v) is 6.10. The molecule has 110 valence electrons. The molecule has 5 rings (SSSR count). The SMILES string of the molecule is NCCCc1c(C2C3CC4CC(C3)CC2C4)[nH][nH]c1=O. The van der Waals surface area contributed by atoms with Gasteiger partial charge in [0.15, 0.2) is 0 Å². The number of rotatable bonds is 4. The summed E-state index contributed by atoms with van der Waals surface area (Å²) in [6.07, 6.45) is 8.77. The molecule has 4 nitrogen and oxygen atoms in total. The summed E-state index contributed by atoms with van der Waals surface area (Å²) in [5.41, 5.74) is 7.93. The van der Waals surface area contributed by atoms with Gasteiger partial charge < -0.3 is 10.8 Å². The highest BCUT2D eigenvalue weighted by Crippen LogP contribution is 2.59. The predicted octanol–water partition coefficient (Wildman–Crippen LogP) is 2.13. The summed E-state index contributed by atoms with van der Waals surface area (Å²) in [5.74, 6) is 4.19. The van der Waals surface area contributed by atoms with Crippen LogP contribution >= 0.6 is 0 Å². The topological polar surface area (TPSA) is 74.7 Å². The van der Waals surface area contributed by atoms with Crippen molar-refractivity contribution in [1.29, 1.82) is 0 Å². The largest absolute Gasteiger partial charge is 0.330 e. The average Bonchev–Trinajstić information content (AvgIpc) is 2.77. The fourth-order valence-corrected chi connectivity index (χ4v) is 5.61. The Hall–Kier alpha value is -1.03. The van der Waals surface area contributed by atoms with Crippen molar-refractivity contribution in [3.8, 4) is 0 Å². The first kappa shape index (κ1) is 12.7. The van der Waals surface area contributed by atoms with Crippen LogP contribution in [-0.2, 0) is 6.42 Å². The van der Waals surface area contributed by atoms with Gasteiger partial charge in [-0.2, -0.15) is 0 Å². The monoisotopic (exact) mass is 275 g/mol. The number of nitrogens with two attached hydrogens (primary N) is 1. The molecule has 4 bridgehead atoms. The molecular weight excluding hydrogens is 250 g/mol. The van der Waals surface area contributed by atoms with Gasteiger partial charge in [-0.25, -0.2) is 0 Å². The Bertz CT molecular complexity index is 516. The van der Waals surface area contributed by atoms with E-state index in [9.17, 15) is 4.79 Å². The van der Waals surface area contributed by atoms with Gasteiger partial charge in [0, 0.05) is 17.2 Å². The molecule has 0 spiro atoms. The summed E-state index contributed by atoms with van der Waals surface area (Å²) in [6.45, 7) is 0.658. The van der Waals surface area contributed by atoms with Crippen molar-refractivity contribution in [1.82, 2.24) is 10.2 Å². The van der Waals surface area contributed by atoms with Crippen LogP contribution in [0.15, 0.2) is 4.79 Å². The van der Waals surface area contributed by atoms with Gasteiger partial charge in [-0.15, -0.1) is 0 Å². The van der Waals surface area contributed by atoms with Crippen molar-refractivity contribution < 1.29 is 0 Å². The van der Waals surface area contributed by atoms with E-state index in [1.54, 1.807) is 0 Å². The average molecular weight is 275 g/mol. The molecule has 4 saturated carbocycles. The molecule has 0 amide bonds. The lowest BCUT2D eigenvalue weighted by Crippen LogP contribution is -2.44. The summed E-state index contributed by atoms with van der Waals surface area (Å²) in [5, 5.41) is 6.07. The van der Waals surface area contributed by atoms with E-state index < -0.39 is 0 Å². The third kappa shape index (κ3) is 1.88. The molecule has 0 unspecified atom stereocenters. The van der Waals surface area contributed by atoms with Crippen LogP contribution in [0.1, 0.15) is 55.7 Å². The second-order valence-corrected chi connectivity index (χ2v) is 7.32. The van der Waals surface area contributed by atoms with Crippen LogP contribution in [0, 0.1) is 23.7 Å². The fraction of sp³-hybridized carbons (Fsp3) is 0.812. The van der Waals surface area contributed by atoms with Crippen LogP contribution in [0.25, 0.3) is 0 Å². The summed E-state index contributed by atoms with van der Waals surface area (Å²) >= 11 is 0. The minimum atomic E-state index is 0.0854. The molecule has 1 aromatic heterocycles. The molecule has 4 N–H and O–H groups in total. The Kier molecular flexibility index (Phi) is 3.02. The van der Waals surface area contributed by atoms with E-state index in [0.29, 0.717) is 12.5 Å². The fourth-order valence-electron chi connectivity index (χ4n) is 5.61. The maximum absolute atomic E-state index is 12.1. The zero-order valence-electron chi connectivity index (χ0n) is 12.0. The first-order chi connectivity index (χ1) is 9.76. The molecule has 0 radical (unpaired) electrons. The Balaban J connectivity index is 1.66. The Morgan fingerprint density at radius 2 is 1.65 bits per heavy atom. The Morgan fingerprint density at radius 1 is 1.00 bits per heavy atom. The van der Waals surface area contributed by atoms with Crippen LogP contribution in [0.2, 0.25) is 0 Å². The van der Waals surface area contributed by atoms with Crippen LogP contribution in [0.4, 0.5) is 0 Å². The quantitative estimate of drug-likeness (QED) is 0.787. The van der Waals surface area contributed by atoms with Crippen molar-refractivity contribution in [3.63, 3.8) is 0 Å². The third-order valence-electron chi connectivity index (χ3n) is 6.10. The predicted molar refractivity (Wildman–Crippen MR) is 78.6 cm³/mol. The van der Waals surface area contributed by atoms with Crippen molar-refractivity contribution >= 4 is 0 Å². The number of hydrogen-bond donors (Lipinski definition) is 3. The molecule has 1 heterocycles. The van der Waals surface area contributed by atoms with Crippen LogP contribution < -0.4 is 11.3 Å². The van der Waals surface area contributed by atoms with Crippen LogP contribution in [-0.4, -0.2) is 16.7 Å². The molecule has 4 aliphatic rings. The molecular formula is C16H25N3O. The normalized spacial score (nSPS) is 38.5. The van der Waals surface area contributed by atoms with Gasteiger partial charge in [0.2, 0.25) is 0 Å². The summed E-state index contributed by atoms with van der Waals surface area (Å²) in [6, 6.07) is 0. The number of aromatic amines is 2. The van der Waals surface area contributed by atoms with E-state index in [1.807, 2.05) is 0 Å². The van der Waals surface area contributed by atoms with E-state index in [4.69, 9.17) is 5.73 Å². The number of H-pyrrole nitrogens is 2. The van der Waals surface area contributed by atoms with Crippen LogP contribution in [0.5, 0.6) is 0 Å². The van der Waals surface area contributed by atoms with Crippen LogP contribution in [0.3, 0.4) is 0 Å². The van der Waals surface area contributed by atoms with Gasteiger partial charge in [0.1, 0.15) is 0 Å². The smallest absolute Gasteiger partial charge is 0.267 e. The second kappa shape index (κ2) is 4.76. The van der Waals surface area contributed by atoms with Gasteiger partial charge in [0.05, 0.1) is 0 Å². The van der Waals surface area contributed by atoms with Gasteiger partial charge in [0.25, 0.3) is 5.56 Å². The maximum atomic E-state index is 12.1. The molecule has 0 atom stereocenters. The first-order valence-electron chi connectivity index (χ1n) is 8.25. The van der Waals surface area contributed by atoms with Crippen molar-refractivity contribution in [2.75, 3.05) is 6.54 Å². The lowest BCUT2D eigenvalue weighted by atomic mass is 9.51.